The average Bonchev–Trinajstić information content (AvgIpc) is 2.79. The van der Waals surface area contributed by atoms with Crippen molar-refractivity contribution < 1.29 is 45.3 Å². The first kappa shape index (κ1) is 27.1. The van der Waals surface area contributed by atoms with Gasteiger partial charge in [-0.05, 0) is 48.4 Å². The van der Waals surface area contributed by atoms with Crippen molar-refractivity contribution in [3.63, 3.8) is 0 Å². The van der Waals surface area contributed by atoms with Crippen LogP contribution in [-0.2, 0) is 6.54 Å². The van der Waals surface area contributed by atoms with Crippen LogP contribution in [0.3, 0.4) is 0 Å². The van der Waals surface area contributed by atoms with Crippen molar-refractivity contribution in [1.82, 2.24) is 0 Å². The highest BCUT2D eigenvalue weighted by Gasteiger charge is 2.44. The summed E-state index contributed by atoms with van der Waals surface area (Å²) in [5.74, 6) is 0.214. The Bertz CT molecular complexity index is 1130. The molecule has 0 aromatic heterocycles. The molecule has 0 saturated carbocycles. The Morgan fingerprint density at radius 2 is 1.67 bits per heavy atom. The van der Waals surface area contributed by atoms with Crippen molar-refractivity contribution in [3.8, 4) is 11.5 Å². The Labute approximate surface area is 202 Å². The number of hydrogen-bond donors (Lipinski definition) is 1. The van der Waals surface area contributed by atoms with E-state index < -0.39 is 37.1 Å². The molecule has 0 radical (unpaired) electrons. The predicted octanol–water partition coefficient (Wildman–Crippen LogP) is 6.63. The Morgan fingerprint density at radius 1 is 0.972 bits per heavy atom. The second-order valence-electron chi connectivity index (χ2n) is 7.95. The third kappa shape index (κ3) is 7.51. The van der Waals surface area contributed by atoms with Crippen LogP contribution in [0.5, 0.6) is 11.5 Å². The lowest BCUT2D eigenvalue weighted by Crippen LogP contribution is -2.40. The normalized spacial score (nSPS) is 15.0. The number of alkyl halides is 7. The van der Waals surface area contributed by atoms with Crippen molar-refractivity contribution in [1.29, 1.82) is 0 Å². The molecule has 1 aliphatic rings. The Balaban J connectivity index is 1.86. The summed E-state index contributed by atoms with van der Waals surface area (Å²) in [6.45, 7) is 2.63. The molecule has 0 saturated heterocycles. The van der Waals surface area contributed by atoms with Gasteiger partial charge in [-0.25, -0.2) is 0 Å². The summed E-state index contributed by atoms with van der Waals surface area (Å²) >= 11 is 0. The highest BCUT2D eigenvalue weighted by atomic mass is 19.4. The van der Waals surface area contributed by atoms with E-state index in [0.717, 1.165) is 22.6 Å². The molecule has 2 aromatic carbocycles. The van der Waals surface area contributed by atoms with Gasteiger partial charge in [-0.15, -0.1) is 0 Å². The lowest BCUT2D eigenvalue weighted by Gasteiger charge is -2.29. The van der Waals surface area contributed by atoms with Gasteiger partial charge in [-0.1, -0.05) is 36.4 Å². The highest BCUT2D eigenvalue weighted by molar-refractivity contribution is 5.52. The summed E-state index contributed by atoms with van der Waals surface area (Å²) < 4.78 is 101. The van der Waals surface area contributed by atoms with E-state index in [1.807, 2.05) is 0 Å². The summed E-state index contributed by atoms with van der Waals surface area (Å²) in [7, 11) is 0. The number of allylic oxidation sites excluding steroid dienone is 4. The van der Waals surface area contributed by atoms with Crippen LogP contribution in [0.2, 0.25) is 0 Å². The van der Waals surface area contributed by atoms with Crippen molar-refractivity contribution in [2.45, 2.75) is 37.8 Å². The lowest BCUT2D eigenvalue weighted by molar-refractivity contribution is -0.253. The monoisotopic (exact) mass is 517 g/mol. The van der Waals surface area contributed by atoms with Gasteiger partial charge in [0.1, 0.15) is 17.3 Å². The quantitative estimate of drug-likeness (QED) is 0.359. The summed E-state index contributed by atoms with van der Waals surface area (Å²) in [5.41, 5.74) is 1.28. The molecule has 0 bridgehead atoms. The van der Waals surface area contributed by atoms with E-state index >= 15 is 0 Å². The lowest BCUT2D eigenvalue weighted by atomic mass is 10.1. The van der Waals surface area contributed by atoms with Gasteiger partial charge in [0.05, 0.1) is 6.54 Å². The Morgan fingerprint density at radius 3 is 2.31 bits per heavy atom. The largest absolute Gasteiger partial charge is 0.461 e. The number of benzene rings is 2. The van der Waals surface area contributed by atoms with E-state index in [2.05, 4.69) is 11.3 Å². The van der Waals surface area contributed by atoms with Gasteiger partial charge in [0, 0.05) is 18.3 Å². The number of nitrogens with zero attached hydrogens (tertiary/aromatic N) is 1. The molecule has 0 amide bonds. The fourth-order valence-corrected chi connectivity index (χ4v) is 3.23. The van der Waals surface area contributed by atoms with Crippen molar-refractivity contribution in [2.75, 3.05) is 11.4 Å². The van der Waals surface area contributed by atoms with Crippen LogP contribution in [0.4, 0.5) is 36.4 Å². The van der Waals surface area contributed by atoms with Crippen LogP contribution < -0.4 is 14.4 Å². The zero-order chi connectivity index (χ0) is 26.5. The topological polar surface area (TPSA) is 41.9 Å². The predicted molar refractivity (Wildman–Crippen MR) is 119 cm³/mol. The van der Waals surface area contributed by atoms with Crippen LogP contribution in [0, 0.1) is 0 Å². The Kier molecular flexibility index (Phi) is 8.34. The molecular weight excluding hydrogens is 495 g/mol. The molecule has 0 fully saturated rings. The minimum atomic E-state index is -4.92. The molecule has 0 spiro atoms. The molecule has 3 rings (SSSR count). The molecule has 1 N–H and O–H groups in total. The highest BCUT2D eigenvalue weighted by Crippen LogP contribution is 2.31. The molecule has 4 nitrogen and oxygen atoms in total. The van der Waals surface area contributed by atoms with Crippen LogP contribution >= 0.6 is 0 Å². The second kappa shape index (κ2) is 11.1. The van der Waals surface area contributed by atoms with Crippen molar-refractivity contribution >= 4 is 5.69 Å². The van der Waals surface area contributed by atoms with E-state index in [0.29, 0.717) is 17.9 Å². The average molecular weight is 517 g/mol. The molecule has 0 heterocycles. The third-order valence-electron chi connectivity index (χ3n) is 5.02. The van der Waals surface area contributed by atoms with Gasteiger partial charge in [0.15, 0.2) is 6.10 Å². The summed E-state index contributed by atoms with van der Waals surface area (Å²) in [6.07, 6.45) is -10.7. The van der Waals surface area contributed by atoms with Crippen molar-refractivity contribution in [2.24, 2.45) is 0 Å². The van der Waals surface area contributed by atoms with Crippen LogP contribution in [0.15, 0.2) is 84.7 Å². The van der Waals surface area contributed by atoms with E-state index in [4.69, 9.17) is 4.74 Å². The minimum absolute atomic E-state index is 0.176. The van der Waals surface area contributed by atoms with Crippen LogP contribution in [-0.4, -0.2) is 36.5 Å². The fourth-order valence-electron chi connectivity index (χ4n) is 3.23. The first-order valence-electron chi connectivity index (χ1n) is 10.6. The van der Waals surface area contributed by atoms with Crippen LogP contribution in [0.25, 0.3) is 0 Å². The van der Waals surface area contributed by atoms with E-state index in [-0.39, 0.29) is 17.8 Å². The molecule has 1 unspecified atom stereocenters. The second-order valence-corrected chi connectivity index (χ2v) is 7.95. The minimum Gasteiger partial charge on any atom is -0.458 e. The molecule has 11 heteroatoms. The summed E-state index contributed by atoms with van der Waals surface area (Å²) in [5, 5.41) is 9.69. The van der Waals surface area contributed by atoms with Gasteiger partial charge in [-0.3, -0.25) is 0 Å². The standard InChI is InChI=1S/C25H22F7NO3/c1-16-8-10-19(11-9-16)35-20-6-3-5-18(13-20)33(15-22(34)24(28,29)30)14-17-4-2-7-21(12-17)36-25(31,32)23(26)27/h2-8,10-13,22-23,34H,1,9,14-15H2. The molecule has 2 aromatic rings. The molecule has 1 atom stereocenters. The van der Waals surface area contributed by atoms with Crippen LogP contribution in [0.1, 0.15) is 12.0 Å². The molecule has 36 heavy (non-hydrogen) atoms. The van der Waals surface area contributed by atoms with Gasteiger partial charge in [0.2, 0.25) is 0 Å². The maximum atomic E-state index is 13.3. The zero-order valence-electron chi connectivity index (χ0n) is 18.7. The van der Waals surface area contributed by atoms with E-state index in [1.165, 1.54) is 30.3 Å². The summed E-state index contributed by atoms with van der Waals surface area (Å²) in [6, 6.07) is 10.7. The maximum Gasteiger partial charge on any atom is 0.461 e. The van der Waals surface area contributed by atoms with E-state index in [9.17, 15) is 35.8 Å². The number of hydrogen-bond acceptors (Lipinski definition) is 4. The number of aliphatic hydroxyl groups is 1. The molecule has 1 aliphatic carbocycles. The smallest absolute Gasteiger partial charge is 0.458 e. The summed E-state index contributed by atoms with van der Waals surface area (Å²) in [4.78, 5) is 1.16. The fraction of sp³-hybridized carbons (Fsp3) is 0.280. The molecule has 0 aliphatic heterocycles. The first-order valence-corrected chi connectivity index (χ1v) is 10.6. The number of halogens is 7. The zero-order valence-corrected chi connectivity index (χ0v) is 18.7. The first-order chi connectivity index (χ1) is 16.8. The molecular formula is C25H22F7NO3. The number of rotatable bonds is 10. The Hall–Kier alpha value is -3.47. The molecule has 194 valence electrons. The van der Waals surface area contributed by atoms with Gasteiger partial charge < -0.3 is 19.5 Å². The number of anilines is 1. The maximum absolute atomic E-state index is 13.3. The van der Waals surface area contributed by atoms with Gasteiger partial charge >= 0.3 is 18.7 Å². The number of ether oxygens (including phenoxy) is 2. The SMILES string of the molecule is C=C1C=CC(Oc2cccc(N(Cc3cccc(OC(F)(F)C(F)F)c3)CC(O)C(F)(F)F)c2)=CC1. The third-order valence-corrected chi connectivity index (χ3v) is 5.02. The van der Waals surface area contributed by atoms with Gasteiger partial charge in [0.25, 0.3) is 0 Å². The van der Waals surface area contributed by atoms with Crippen molar-refractivity contribution in [3.05, 3.63) is 90.2 Å². The van der Waals surface area contributed by atoms with E-state index in [1.54, 1.807) is 24.3 Å². The van der Waals surface area contributed by atoms with Gasteiger partial charge in [-0.2, -0.15) is 30.7 Å². The number of aliphatic hydroxyl groups excluding tert-OH is 1.